The average molecular weight is 444 g/mol. The van der Waals surface area contributed by atoms with Crippen LogP contribution >= 0.6 is 0 Å². The lowest BCUT2D eigenvalue weighted by Crippen LogP contribution is -2.27. The highest BCUT2D eigenvalue weighted by Gasteiger charge is 2.38. The van der Waals surface area contributed by atoms with Gasteiger partial charge in [-0.25, -0.2) is 25.3 Å². The van der Waals surface area contributed by atoms with Crippen molar-refractivity contribution in [1.82, 2.24) is 4.31 Å². The van der Waals surface area contributed by atoms with Crippen molar-refractivity contribution in [2.24, 2.45) is 0 Å². The van der Waals surface area contributed by atoms with Crippen molar-refractivity contribution in [2.75, 3.05) is 18.6 Å². The maximum atomic E-state index is 12.9. The zero-order valence-electron chi connectivity index (χ0n) is 15.2. The summed E-state index contributed by atoms with van der Waals surface area (Å²) in [5.41, 5.74) is 0.800. The molecule has 10 heteroatoms. The van der Waals surface area contributed by atoms with Crippen molar-refractivity contribution in [3.05, 3.63) is 60.2 Å². The summed E-state index contributed by atoms with van der Waals surface area (Å²) in [5.74, 6) is -0.602. The Balaban J connectivity index is 1.90. The van der Waals surface area contributed by atoms with E-state index in [1.807, 2.05) is 6.07 Å². The van der Waals surface area contributed by atoms with Crippen molar-refractivity contribution in [1.29, 1.82) is 0 Å². The van der Waals surface area contributed by atoms with Crippen molar-refractivity contribution in [2.45, 2.75) is 28.0 Å². The second kappa shape index (κ2) is 7.58. The summed E-state index contributed by atoms with van der Waals surface area (Å²) in [7, 11) is -9.81. The third-order valence-electron chi connectivity index (χ3n) is 4.72. The van der Waals surface area contributed by atoms with Gasteiger partial charge >= 0.3 is 0 Å². The third kappa shape index (κ3) is 4.29. The number of hydrogen-bond donors (Lipinski definition) is 0. The molecule has 28 heavy (non-hydrogen) atoms. The van der Waals surface area contributed by atoms with Crippen molar-refractivity contribution in [3.63, 3.8) is 0 Å². The van der Waals surface area contributed by atoms with Gasteiger partial charge in [0.1, 0.15) is 0 Å². The summed E-state index contributed by atoms with van der Waals surface area (Å²) >= 11 is 0. The van der Waals surface area contributed by atoms with Crippen LogP contribution in [0.15, 0.2) is 64.4 Å². The molecule has 3 rings (SSSR count). The fraction of sp³-hybridized carbons (Fsp3) is 0.333. The molecule has 1 heterocycles. The molecule has 0 aromatic heterocycles. The van der Waals surface area contributed by atoms with Crippen LogP contribution in [0.3, 0.4) is 0 Å². The smallest absolute Gasteiger partial charge is 0.229 e. The zero-order valence-corrected chi connectivity index (χ0v) is 17.7. The lowest BCUT2D eigenvalue weighted by molar-refractivity contribution is 0.466. The van der Waals surface area contributed by atoms with Gasteiger partial charge in [-0.1, -0.05) is 36.4 Å². The van der Waals surface area contributed by atoms with Crippen LogP contribution in [0, 0.1) is 0 Å². The van der Waals surface area contributed by atoms with E-state index in [0.29, 0.717) is 0 Å². The van der Waals surface area contributed by atoms with Crippen LogP contribution in [0.2, 0.25) is 0 Å². The first-order valence-corrected chi connectivity index (χ1v) is 13.4. The summed E-state index contributed by atoms with van der Waals surface area (Å²) in [6, 6.07) is 14.1. The van der Waals surface area contributed by atoms with E-state index >= 15 is 0 Å². The predicted octanol–water partition coefficient (Wildman–Crippen LogP) is 1.47. The second-order valence-corrected chi connectivity index (χ2v) is 13.3. The van der Waals surface area contributed by atoms with Gasteiger partial charge < -0.3 is 0 Å². The summed E-state index contributed by atoms with van der Waals surface area (Å²) in [5, 5.41) is -1.04. The van der Waals surface area contributed by atoms with Crippen LogP contribution in [0.4, 0.5) is 0 Å². The second-order valence-electron chi connectivity index (χ2n) is 6.79. The SMILES string of the molecule is CN(Cc1ccccc1)S(=O)(=O)c1cccc(S(=O)(=O)[C@@H]2CCS(=O)(=O)C2)c1. The number of sulfone groups is 2. The van der Waals surface area contributed by atoms with Crippen LogP contribution in [0.1, 0.15) is 12.0 Å². The predicted molar refractivity (Wildman–Crippen MR) is 106 cm³/mol. The zero-order chi connectivity index (χ0) is 20.6. The first-order valence-electron chi connectivity index (χ1n) is 8.57. The first-order chi connectivity index (χ1) is 13.0. The fourth-order valence-corrected chi connectivity index (χ4v) is 8.80. The highest BCUT2D eigenvalue weighted by atomic mass is 32.2. The van der Waals surface area contributed by atoms with Gasteiger partial charge in [-0.05, 0) is 30.2 Å². The first kappa shape index (κ1) is 21.0. The Labute approximate surface area is 165 Å². The Morgan fingerprint density at radius 1 is 0.964 bits per heavy atom. The largest absolute Gasteiger partial charge is 0.243 e. The van der Waals surface area contributed by atoms with Crippen LogP contribution in [-0.2, 0) is 36.2 Å². The summed E-state index contributed by atoms with van der Waals surface area (Å²) in [6.07, 6.45) is 0.0234. The number of rotatable bonds is 6. The van der Waals surface area contributed by atoms with E-state index in [1.165, 1.54) is 25.2 Å². The molecule has 0 saturated carbocycles. The maximum Gasteiger partial charge on any atom is 0.243 e. The minimum absolute atomic E-state index is 0.0234. The molecular formula is C18H21NO6S3. The lowest BCUT2D eigenvalue weighted by Gasteiger charge is -2.18. The van der Waals surface area contributed by atoms with E-state index in [0.717, 1.165) is 15.9 Å². The molecule has 1 saturated heterocycles. The quantitative estimate of drug-likeness (QED) is 0.669. The van der Waals surface area contributed by atoms with E-state index in [-0.39, 0.29) is 28.5 Å². The van der Waals surface area contributed by atoms with Crippen molar-refractivity contribution >= 4 is 29.7 Å². The van der Waals surface area contributed by atoms with E-state index in [2.05, 4.69) is 0 Å². The molecule has 2 aromatic rings. The van der Waals surface area contributed by atoms with Crippen LogP contribution in [0.5, 0.6) is 0 Å². The molecule has 7 nitrogen and oxygen atoms in total. The molecule has 1 aliphatic heterocycles. The molecule has 0 unspecified atom stereocenters. The summed E-state index contributed by atoms with van der Waals surface area (Å²) < 4.78 is 75.8. The standard InChI is InChI=1S/C18H21NO6S3/c1-19(13-15-6-3-2-4-7-15)28(24,25)17-9-5-8-16(12-17)27(22,23)18-10-11-26(20,21)14-18/h2-9,12,18H,10-11,13-14H2,1H3/t18-/m1/s1. The van der Waals surface area contributed by atoms with E-state index < -0.39 is 40.7 Å². The average Bonchev–Trinajstić information content (AvgIpc) is 3.03. The van der Waals surface area contributed by atoms with Crippen LogP contribution in [-0.4, -0.2) is 53.4 Å². The van der Waals surface area contributed by atoms with Gasteiger partial charge in [0, 0.05) is 13.6 Å². The maximum absolute atomic E-state index is 12.9. The van der Waals surface area contributed by atoms with Crippen LogP contribution < -0.4 is 0 Å². The van der Waals surface area contributed by atoms with Gasteiger partial charge in [-0.3, -0.25) is 0 Å². The summed E-state index contributed by atoms with van der Waals surface area (Å²) in [4.78, 5) is -0.323. The molecule has 0 spiro atoms. The van der Waals surface area contributed by atoms with E-state index in [4.69, 9.17) is 0 Å². The van der Waals surface area contributed by atoms with Gasteiger partial charge in [0.2, 0.25) is 10.0 Å². The molecule has 0 radical (unpaired) electrons. The molecular weight excluding hydrogens is 422 g/mol. The highest BCUT2D eigenvalue weighted by Crippen LogP contribution is 2.27. The van der Waals surface area contributed by atoms with Gasteiger partial charge in [-0.2, -0.15) is 4.31 Å². The number of sulfonamides is 1. The fourth-order valence-electron chi connectivity index (χ4n) is 3.12. The van der Waals surface area contributed by atoms with E-state index in [9.17, 15) is 25.3 Å². The lowest BCUT2D eigenvalue weighted by atomic mass is 10.2. The molecule has 1 atom stereocenters. The number of nitrogens with zero attached hydrogens (tertiary/aromatic N) is 1. The van der Waals surface area contributed by atoms with E-state index in [1.54, 1.807) is 24.3 Å². The normalized spacial score (nSPS) is 19.7. The topological polar surface area (TPSA) is 106 Å². The summed E-state index contributed by atoms with van der Waals surface area (Å²) in [6.45, 7) is 0.140. The van der Waals surface area contributed by atoms with Gasteiger partial charge in [-0.15, -0.1) is 0 Å². The third-order valence-corrected chi connectivity index (χ3v) is 10.7. The van der Waals surface area contributed by atoms with Gasteiger partial charge in [0.15, 0.2) is 19.7 Å². The molecule has 0 amide bonds. The molecule has 152 valence electrons. The van der Waals surface area contributed by atoms with Crippen molar-refractivity contribution < 1.29 is 25.3 Å². The minimum atomic E-state index is -3.94. The Hall–Kier alpha value is -1.75. The Morgan fingerprint density at radius 3 is 2.21 bits per heavy atom. The molecule has 0 aliphatic carbocycles. The molecule has 2 aromatic carbocycles. The molecule has 1 aliphatic rings. The molecule has 1 fully saturated rings. The molecule has 0 bridgehead atoms. The van der Waals surface area contributed by atoms with Crippen molar-refractivity contribution in [3.8, 4) is 0 Å². The Kier molecular flexibility index (Phi) is 5.68. The minimum Gasteiger partial charge on any atom is -0.229 e. The Morgan fingerprint density at radius 2 is 1.61 bits per heavy atom. The monoisotopic (exact) mass is 443 g/mol. The number of hydrogen-bond acceptors (Lipinski definition) is 6. The van der Waals surface area contributed by atoms with Crippen LogP contribution in [0.25, 0.3) is 0 Å². The van der Waals surface area contributed by atoms with Gasteiger partial charge in [0.05, 0.1) is 26.5 Å². The highest BCUT2D eigenvalue weighted by molar-refractivity contribution is 7.96. The Bertz CT molecular complexity index is 1170. The number of benzene rings is 2. The molecule has 0 N–H and O–H groups in total. The van der Waals surface area contributed by atoms with Gasteiger partial charge in [0.25, 0.3) is 0 Å².